The lowest BCUT2D eigenvalue weighted by Crippen LogP contribution is -2.00. The van der Waals surface area contributed by atoms with Gasteiger partial charge in [0.1, 0.15) is 11.6 Å². The van der Waals surface area contributed by atoms with Crippen molar-refractivity contribution in [2.24, 2.45) is 0 Å². The molecule has 0 spiro atoms. The van der Waals surface area contributed by atoms with Gasteiger partial charge in [-0.15, -0.1) is 0 Å². The van der Waals surface area contributed by atoms with Crippen molar-refractivity contribution in [2.75, 3.05) is 5.32 Å². The number of phenolic OH excluding ortho intramolecular Hbond substituents is 1. The van der Waals surface area contributed by atoms with E-state index in [2.05, 4.69) is 15.3 Å². The van der Waals surface area contributed by atoms with E-state index in [1.165, 1.54) is 0 Å². The second kappa shape index (κ2) is 4.65. The molecule has 0 fully saturated rings. The normalized spacial score (nSPS) is 10.8. The number of hydrogen-bond acceptors (Lipinski definition) is 3. The minimum atomic E-state index is 0.304. The highest BCUT2D eigenvalue weighted by Gasteiger charge is 2.04. The summed E-state index contributed by atoms with van der Waals surface area (Å²) in [5.74, 6) is 1.21. The van der Waals surface area contributed by atoms with Gasteiger partial charge >= 0.3 is 0 Å². The molecule has 0 radical (unpaired) electrons. The number of H-pyrrole nitrogens is 1. The molecule has 0 aliphatic heterocycles. The van der Waals surface area contributed by atoms with Gasteiger partial charge in [-0.25, -0.2) is 4.98 Å². The van der Waals surface area contributed by atoms with E-state index in [0.29, 0.717) is 12.3 Å². The minimum Gasteiger partial charge on any atom is -0.507 e. The molecule has 3 N–H and O–H groups in total. The van der Waals surface area contributed by atoms with Crippen LogP contribution in [0.3, 0.4) is 0 Å². The Morgan fingerprint density at radius 3 is 2.74 bits per heavy atom. The summed E-state index contributed by atoms with van der Waals surface area (Å²) in [6.07, 6.45) is 1.82. The Morgan fingerprint density at radius 2 is 1.95 bits per heavy atom. The van der Waals surface area contributed by atoms with E-state index in [1.54, 1.807) is 6.07 Å². The standard InChI is InChI=1S/C15H15N3O/c1-10-16-8-11(18-10)9-17-14-6-2-5-13-12(14)4-3-7-15(13)19/h2-8,17,19H,9H2,1H3,(H,16,18). The van der Waals surface area contributed by atoms with Crippen LogP contribution in [0.4, 0.5) is 5.69 Å². The zero-order valence-electron chi connectivity index (χ0n) is 10.6. The number of aromatic hydroxyl groups is 1. The Kier molecular flexibility index (Phi) is 2.83. The lowest BCUT2D eigenvalue weighted by molar-refractivity contribution is 0.481. The number of aryl methyl sites for hydroxylation is 1. The molecule has 0 aliphatic rings. The molecule has 2 aromatic carbocycles. The number of phenols is 1. The van der Waals surface area contributed by atoms with Gasteiger partial charge in [-0.2, -0.15) is 0 Å². The molecule has 0 aliphatic carbocycles. The molecule has 19 heavy (non-hydrogen) atoms. The molecular formula is C15H15N3O. The van der Waals surface area contributed by atoms with Gasteiger partial charge in [0.15, 0.2) is 0 Å². The van der Waals surface area contributed by atoms with Gasteiger partial charge in [-0.3, -0.25) is 0 Å². The van der Waals surface area contributed by atoms with E-state index in [9.17, 15) is 5.11 Å². The average Bonchev–Trinajstić information content (AvgIpc) is 2.83. The molecule has 0 unspecified atom stereocenters. The Labute approximate surface area is 111 Å². The number of anilines is 1. The van der Waals surface area contributed by atoms with Gasteiger partial charge in [-0.05, 0) is 19.1 Å². The van der Waals surface area contributed by atoms with Crippen molar-refractivity contribution in [1.82, 2.24) is 9.97 Å². The van der Waals surface area contributed by atoms with Crippen molar-refractivity contribution in [2.45, 2.75) is 13.5 Å². The van der Waals surface area contributed by atoms with Crippen molar-refractivity contribution in [1.29, 1.82) is 0 Å². The zero-order valence-corrected chi connectivity index (χ0v) is 10.6. The summed E-state index contributed by atoms with van der Waals surface area (Å²) in [6, 6.07) is 11.4. The van der Waals surface area contributed by atoms with Crippen LogP contribution in [0.1, 0.15) is 11.5 Å². The fourth-order valence-electron chi connectivity index (χ4n) is 2.20. The summed E-state index contributed by atoms with van der Waals surface area (Å²) in [6.45, 7) is 2.61. The van der Waals surface area contributed by atoms with Crippen molar-refractivity contribution in [3.8, 4) is 5.75 Å². The van der Waals surface area contributed by atoms with E-state index >= 15 is 0 Å². The molecule has 0 saturated heterocycles. The zero-order chi connectivity index (χ0) is 13.2. The number of rotatable bonds is 3. The molecule has 1 aromatic heterocycles. The summed E-state index contributed by atoms with van der Waals surface area (Å²) >= 11 is 0. The van der Waals surface area contributed by atoms with E-state index in [4.69, 9.17) is 0 Å². The average molecular weight is 253 g/mol. The SMILES string of the molecule is Cc1ncc(CNc2cccc3c(O)cccc23)[nH]1. The van der Waals surface area contributed by atoms with Gasteiger partial charge in [0.05, 0.1) is 18.4 Å². The topological polar surface area (TPSA) is 60.9 Å². The van der Waals surface area contributed by atoms with Crippen molar-refractivity contribution in [3.05, 3.63) is 54.1 Å². The Hall–Kier alpha value is -2.49. The first-order valence-electron chi connectivity index (χ1n) is 6.19. The maximum Gasteiger partial charge on any atom is 0.123 e. The maximum atomic E-state index is 9.84. The second-order valence-electron chi connectivity index (χ2n) is 4.53. The van der Waals surface area contributed by atoms with Crippen LogP contribution in [0.5, 0.6) is 5.75 Å². The molecule has 3 aromatic rings. The number of nitrogens with one attached hydrogen (secondary N) is 2. The van der Waals surface area contributed by atoms with Gasteiger partial charge in [0.2, 0.25) is 0 Å². The van der Waals surface area contributed by atoms with E-state index < -0.39 is 0 Å². The summed E-state index contributed by atoms with van der Waals surface area (Å²) in [5.41, 5.74) is 2.04. The lowest BCUT2D eigenvalue weighted by Gasteiger charge is -2.09. The van der Waals surface area contributed by atoms with Crippen molar-refractivity contribution >= 4 is 16.5 Å². The molecule has 4 heteroatoms. The molecule has 4 nitrogen and oxygen atoms in total. The molecule has 96 valence electrons. The minimum absolute atomic E-state index is 0.304. The molecule has 0 atom stereocenters. The molecule has 3 rings (SSSR count). The van der Waals surface area contributed by atoms with Crippen LogP contribution < -0.4 is 5.32 Å². The van der Waals surface area contributed by atoms with E-state index in [0.717, 1.165) is 28.0 Å². The summed E-state index contributed by atoms with van der Waals surface area (Å²) in [4.78, 5) is 7.35. The summed E-state index contributed by atoms with van der Waals surface area (Å²) < 4.78 is 0. The molecular weight excluding hydrogens is 238 g/mol. The summed E-state index contributed by atoms with van der Waals surface area (Å²) in [5, 5.41) is 15.1. The quantitative estimate of drug-likeness (QED) is 0.671. The first-order chi connectivity index (χ1) is 9.24. The lowest BCUT2D eigenvalue weighted by atomic mass is 10.1. The maximum absolute atomic E-state index is 9.84. The van der Waals surface area contributed by atoms with Gasteiger partial charge in [-0.1, -0.05) is 24.3 Å². The van der Waals surface area contributed by atoms with Crippen molar-refractivity contribution in [3.63, 3.8) is 0 Å². The Bertz CT molecular complexity index is 718. The number of imidazole rings is 1. The van der Waals surface area contributed by atoms with Crippen LogP contribution >= 0.6 is 0 Å². The third-order valence-corrected chi connectivity index (χ3v) is 3.12. The highest BCUT2D eigenvalue weighted by Crippen LogP contribution is 2.29. The molecule has 0 saturated carbocycles. The number of fused-ring (bicyclic) bond motifs is 1. The Morgan fingerprint density at radius 1 is 1.16 bits per heavy atom. The number of hydrogen-bond donors (Lipinski definition) is 3. The fraction of sp³-hybridized carbons (Fsp3) is 0.133. The van der Waals surface area contributed by atoms with Crippen LogP contribution in [-0.4, -0.2) is 15.1 Å². The van der Waals surface area contributed by atoms with Crippen LogP contribution in [0.25, 0.3) is 10.8 Å². The van der Waals surface area contributed by atoms with Crippen LogP contribution in [-0.2, 0) is 6.54 Å². The number of aromatic nitrogens is 2. The predicted octanol–water partition coefficient (Wildman–Crippen LogP) is 3.19. The number of benzene rings is 2. The first kappa shape index (κ1) is 11.6. The molecule has 1 heterocycles. The third kappa shape index (κ3) is 2.25. The highest BCUT2D eigenvalue weighted by molar-refractivity contribution is 5.97. The molecule has 0 amide bonds. The first-order valence-corrected chi connectivity index (χ1v) is 6.19. The second-order valence-corrected chi connectivity index (χ2v) is 4.53. The largest absolute Gasteiger partial charge is 0.507 e. The predicted molar refractivity (Wildman–Crippen MR) is 76.3 cm³/mol. The number of aromatic amines is 1. The van der Waals surface area contributed by atoms with Gasteiger partial charge in [0.25, 0.3) is 0 Å². The number of nitrogens with zero attached hydrogens (tertiary/aromatic N) is 1. The van der Waals surface area contributed by atoms with Crippen LogP contribution in [0, 0.1) is 6.92 Å². The van der Waals surface area contributed by atoms with Gasteiger partial charge in [0, 0.05) is 16.5 Å². The third-order valence-electron chi connectivity index (χ3n) is 3.12. The monoisotopic (exact) mass is 253 g/mol. The van der Waals surface area contributed by atoms with Crippen LogP contribution in [0.2, 0.25) is 0 Å². The Balaban J connectivity index is 1.91. The van der Waals surface area contributed by atoms with Gasteiger partial charge < -0.3 is 15.4 Å². The van der Waals surface area contributed by atoms with E-state index in [1.807, 2.05) is 43.5 Å². The van der Waals surface area contributed by atoms with Crippen molar-refractivity contribution < 1.29 is 5.11 Å². The van der Waals surface area contributed by atoms with E-state index in [-0.39, 0.29) is 0 Å². The molecule has 0 bridgehead atoms. The summed E-state index contributed by atoms with van der Waals surface area (Å²) in [7, 11) is 0. The smallest absolute Gasteiger partial charge is 0.123 e. The van der Waals surface area contributed by atoms with Crippen LogP contribution in [0.15, 0.2) is 42.6 Å². The highest BCUT2D eigenvalue weighted by atomic mass is 16.3. The fourth-order valence-corrected chi connectivity index (χ4v) is 2.20.